The molecule has 1 N–H and O–H groups in total. The Hall–Kier alpha value is -1.79. The molecule has 0 aliphatic rings. The lowest BCUT2D eigenvalue weighted by atomic mass is 10.2. The van der Waals surface area contributed by atoms with Gasteiger partial charge in [-0.2, -0.15) is 0 Å². The number of nitrogens with one attached hydrogen (secondary N) is 1. The summed E-state index contributed by atoms with van der Waals surface area (Å²) in [6.45, 7) is 1.83. The second-order valence-corrected chi connectivity index (χ2v) is 6.17. The molecular weight excluding hydrogens is 300 g/mol. The van der Waals surface area contributed by atoms with E-state index in [4.69, 9.17) is 16.3 Å². The number of pyridine rings is 1. The molecule has 1 aromatic carbocycles. The average molecular weight is 313 g/mol. The van der Waals surface area contributed by atoms with Gasteiger partial charge < -0.3 is 4.74 Å². The molecule has 0 bridgehead atoms. The second kappa shape index (κ2) is 5.68. The van der Waals surface area contributed by atoms with Crippen molar-refractivity contribution in [2.75, 3.05) is 11.8 Å². The smallest absolute Gasteiger partial charge is 0.262 e. The van der Waals surface area contributed by atoms with Crippen LogP contribution in [0, 0.1) is 6.92 Å². The van der Waals surface area contributed by atoms with E-state index in [1.165, 1.54) is 18.3 Å². The van der Waals surface area contributed by atoms with E-state index in [2.05, 4.69) is 9.71 Å². The molecule has 0 saturated carbocycles. The Morgan fingerprint density at radius 2 is 2.00 bits per heavy atom. The summed E-state index contributed by atoms with van der Waals surface area (Å²) < 4.78 is 32.0. The first-order chi connectivity index (χ1) is 9.42. The van der Waals surface area contributed by atoms with Gasteiger partial charge in [0, 0.05) is 11.9 Å². The zero-order chi connectivity index (χ0) is 14.8. The lowest BCUT2D eigenvalue weighted by Gasteiger charge is -2.10. The molecule has 1 aromatic heterocycles. The lowest BCUT2D eigenvalue weighted by molar-refractivity contribution is 0.412. The van der Waals surface area contributed by atoms with E-state index < -0.39 is 10.0 Å². The van der Waals surface area contributed by atoms with Gasteiger partial charge in [0.1, 0.15) is 10.9 Å². The second-order valence-electron chi connectivity index (χ2n) is 4.10. The van der Waals surface area contributed by atoms with E-state index in [1.54, 1.807) is 25.3 Å². The highest BCUT2D eigenvalue weighted by atomic mass is 35.5. The van der Waals surface area contributed by atoms with Gasteiger partial charge in [0.15, 0.2) is 0 Å². The van der Waals surface area contributed by atoms with Crippen molar-refractivity contribution in [3.8, 4) is 5.75 Å². The van der Waals surface area contributed by atoms with Crippen molar-refractivity contribution in [1.82, 2.24) is 4.98 Å². The zero-order valence-corrected chi connectivity index (χ0v) is 12.5. The molecule has 0 radical (unpaired) electrons. The van der Waals surface area contributed by atoms with Crippen molar-refractivity contribution in [2.45, 2.75) is 11.8 Å². The minimum absolute atomic E-state index is 0.0611. The van der Waals surface area contributed by atoms with Gasteiger partial charge >= 0.3 is 0 Å². The molecule has 0 atom stereocenters. The van der Waals surface area contributed by atoms with Crippen LogP contribution in [0.25, 0.3) is 0 Å². The summed E-state index contributed by atoms with van der Waals surface area (Å²) in [5, 5.41) is 0.124. The molecule has 20 heavy (non-hydrogen) atoms. The topological polar surface area (TPSA) is 68.3 Å². The predicted molar refractivity (Wildman–Crippen MR) is 77.8 cm³/mol. The normalized spacial score (nSPS) is 11.2. The van der Waals surface area contributed by atoms with E-state index in [-0.39, 0.29) is 10.0 Å². The van der Waals surface area contributed by atoms with Gasteiger partial charge in [-0.1, -0.05) is 11.6 Å². The van der Waals surface area contributed by atoms with Crippen LogP contribution in [0.3, 0.4) is 0 Å². The highest BCUT2D eigenvalue weighted by Crippen LogP contribution is 2.23. The first kappa shape index (κ1) is 14.6. The van der Waals surface area contributed by atoms with Crippen LogP contribution in [-0.2, 0) is 10.0 Å². The molecule has 7 heteroatoms. The maximum atomic E-state index is 12.2. The van der Waals surface area contributed by atoms with Crippen LogP contribution >= 0.6 is 11.6 Å². The standard InChI is InChI=1S/C13H13ClN2O3S/c1-9-7-10(3-4-12(9)19-2)16-20(17,18)11-5-6-15-13(14)8-11/h3-8,16H,1-2H3. The van der Waals surface area contributed by atoms with E-state index in [9.17, 15) is 8.42 Å². The summed E-state index contributed by atoms with van der Waals surface area (Å²) in [4.78, 5) is 3.81. The number of anilines is 1. The number of nitrogens with zero attached hydrogens (tertiary/aromatic N) is 1. The van der Waals surface area contributed by atoms with Gasteiger partial charge in [-0.25, -0.2) is 13.4 Å². The van der Waals surface area contributed by atoms with Crippen LogP contribution in [0.5, 0.6) is 5.75 Å². The fraction of sp³-hybridized carbons (Fsp3) is 0.154. The number of rotatable bonds is 4. The van der Waals surface area contributed by atoms with Crippen molar-refractivity contribution in [3.63, 3.8) is 0 Å². The summed E-state index contributed by atoms with van der Waals surface area (Å²) in [5.74, 6) is 0.694. The largest absolute Gasteiger partial charge is 0.496 e. The van der Waals surface area contributed by atoms with Gasteiger partial charge in [0.05, 0.1) is 12.0 Å². The molecule has 0 aliphatic heterocycles. The van der Waals surface area contributed by atoms with Gasteiger partial charge in [-0.05, 0) is 42.8 Å². The van der Waals surface area contributed by atoms with Gasteiger partial charge in [0.25, 0.3) is 10.0 Å². The maximum absolute atomic E-state index is 12.2. The Balaban J connectivity index is 2.31. The summed E-state index contributed by atoms with van der Waals surface area (Å²) in [6.07, 6.45) is 1.34. The van der Waals surface area contributed by atoms with Crippen LogP contribution in [-0.4, -0.2) is 20.5 Å². The highest BCUT2D eigenvalue weighted by molar-refractivity contribution is 7.92. The number of ether oxygens (including phenoxy) is 1. The monoisotopic (exact) mass is 312 g/mol. The third-order valence-electron chi connectivity index (χ3n) is 2.66. The SMILES string of the molecule is COc1ccc(NS(=O)(=O)c2ccnc(Cl)c2)cc1C. The van der Waals surface area contributed by atoms with E-state index in [0.717, 1.165) is 5.56 Å². The fourth-order valence-electron chi connectivity index (χ4n) is 1.71. The summed E-state index contributed by atoms with van der Waals surface area (Å²) in [5.41, 5.74) is 1.29. The van der Waals surface area contributed by atoms with Gasteiger partial charge in [-0.3, -0.25) is 4.72 Å². The Morgan fingerprint density at radius 3 is 2.60 bits per heavy atom. The Bertz CT molecular complexity index is 732. The quantitative estimate of drug-likeness (QED) is 0.881. The summed E-state index contributed by atoms with van der Waals surface area (Å²) >= 11 is 5.70. The van der Waals surface area contributed by atoms with Gasteiger partial charge in [0.2, 0.25) is 0 Å². The molecule has 0 unspecified atom stereocenters. The minimum atomic E-state index is -3.69. The average Bonchev–Trinajstić information content (AvgIpc) is 2.38. The number of halogens is 1. The molecule has 1 heterocycles. The molecular formula is C13H13ClN2O3S. The Labute approximate surface area is 122 Å². The van der Waals surface area contributed by atoms with Crippen LogP contribution < -0.4 is 9.46 Å². The predicted octanol–water partition coefficient (Wildman–Crippen LogP) is 2.85. The van der Waals surface area contributed by atoms with E-state index in [0.29, 0.717) is 11.4 Å². The molecule has 2 rings (SSSR count). The fourth-order valence-corrected chi connectivity index (χ4v) is 3.01. The van der Waals surface area contributed by atoms with Crippen LogP contribution in [0.1, 0.15) is 5.56 Å². The number of benzene rings is 1. The van der Waals surface area contributed by atoms with Crippen LogP contribution in [0.15, 0.2) is 41.4 Å². The van der Waals surface area contributed by atoms with Crippen molar-refractivity contribution < 1.29 is 13.2 Å². The maximum Gasteiger partial charge on any atom is 0.262 e. The van der Waals surface area contributed by atoms with Gasteiger partial charge in [-0.15, -0.1) is 0 Å². The summed E-state index contributed by atoms with van der Waals surface area (Å²) in [7, 11) is -2.13. The number of methoxy groups -OCH3 is 1. The van der Waals surface area contributed by atoms with Crippen LogP contribution in [0.2, 0.25) is 5.15 Å². The third kappa shape index (κ3) is 3.20. The first-order valence-corrected chi connectivity index (χ1v) is 7.57. The lowest BCUT2D eigenvalue weighted by Crippen LogP contribution is -2.13. The summed E-state index contributed by atoms with van der Waals surface area (Å²) in [6, 6.07) is 7.70. The molecule has 0 amide bonds. The number of aryl methyl sites for hydroxylation is 1. The Morgan fingerprint density at radius 1 is 1.25 bits per heavy atom. The van der Waals surface area contributed by atoms with Crippen molar-refractivity contribution in [1.29, 1.82) is 0 Å². The molecule has 2 aromatic rings. The minimum Gasteiger partial charge on any atom is -0.496 e. The first-order valence-electron chi connectivity index (χ1n) is 5.71. The van der Waals surface area contributed by atoms with E-state index in [1.807, 2.05) is 6.92 Å². The van der Waals surface area contributed by atoms with Crippen molar-refractivity contribution in [2.24, 2.45) is 0 Å². The molecule has 5 nitrogen and oxygen atoms in total. The molecule has 0 spiro atoms. The molecule has 0 saturated heterocycles. The number of sulfonamides is 1. The number of hydrogen-bond acceptors (Lipinski definition) is 4. The molecule has 0 fully saturated rings. The Kier molecular flexibility index (Phi) is 4.15. The third-order valence-corrected chi connectivity index (χ3v) is 4.24. The van der Waals surface area contributed by atoms with E-state index >= 15 is 0 Å². The molecule has 0 aliphatic carbocycles. The van der Waals surface area contributed by atoms with Crippen molar-refractivity contribution in [3.05, 3.63) is 47.2 Å². The van der Waals surface area contributed by atoms with Crippen LogP contribution in [0.4, 0.5) is 5.69 Å². The molecule has 106 valence electrons. The number of hydrogen-bond donors (Lipinski definition) is 1. The highest BCUT2D eigenvalue weighted by Gasteiger charge is 2.15. The van der Waals surface area contributed by atoms with Crippen molar-refractivity contribution >= 4 is 27.3 Å². The zero-order valence-electron chi connectivity index (χ0n) is 10.9. The number of aromatic nitrogens is 1.